The van der Waals surface area contributed by atoms with Crippen LogP contribution in [-0.4, -0.2) is 19.9 Å². The molecule has 1 aliphatic carbocycles. The fourth-order valence-electron chi connectivity index (χ4n) is 2.68. The quantitative estimate of drug-likeness (QED) is 0.785. The Morgan fingerprint density at radius 3 is 2.68 bits per heavy atom. The standard InChI is InChI=1S/C17H15N5/c1-11-18-9-12-7-8-15-14(16(12)20-11)10-19-17(22-15)21-13-5-3-2-4-6-13/h2-6,9-10H,7-8H2,1H3,(H,19,21,22). The second-order valence-corrected chi connectivity index (χ2v) is 5.34. The Morgan fingerprint density at radius 1 is 0.955 bits per heavy atom. The smallest absolute Gasteiger partial charge is 0.227 e. The molecule has 5 nitrogen and oxygen atoms in total. The van der Waals surface area contributed by atoms with E-state index in [-0.39, 0.29) is 0 Å². The van der Waals surface area contributed by atoms with Gasteiger partial charge in [0.1, 0.15) is 5.82 Å². The van der Waals surface area contributed by atoms with Crippen molar-refractivity contribution in [1.29, 1.82) is 0 Å². The van der Waals surface area contributed by atoms with Crippen LogP contribution in [0, 0.1) is 6.92 Å². The molecule has 1 N–H and O–H groups in total. The summed E-state index contributed by atoms with van der Waals surface area (Å²) in [5.41, 5.74) is 5.19. The van der Waals surface area contributed by atoms with Crippen LogP contribution in [0.3, 0.4) is 0 Å². The van der Waals surface area contributed by atoms with E-state index in [4.69, 9.17) is 0 Å². The van der Waals surface area contributed by atoms with Gasteiger partial charge in [-0.15, -0.1) is 0 Å². The Balaban J connectivity index is 1.71. The predicted octanol–water partition coefficient (Wildman–Crippen LogP) is 3.08. The summed E-state index contributed by atoms with van der Waals surface area (Å²) in [6.07, 6.45) is 5.58. The first kappa shape index (κ1) is 12.9. The van der Waals surface area contributed by atoms with Crippen LogP contribution in [0.25, 0.3) is 11.3 Å². The van der Waals surface area contributed by atoms with Gasteiger partial charge in [0.25, 0.3) is 0 Å². The van der Waals surface area contributed by atoms with Gasteiger partial charge in [-0.05, 0) is 37.5 Å². The summed E-state index contributed by atoms with van der Waals surface area (Å²) in [6, 6.07) is 9.94. The fourth-order valence-corrected chi connectivity index (χ4v) is 2.68. The molecule has 2 heterocycles. The summed E-state index contributed by atoms with van der Waals surface area (Å²) in [5, 5.41) is 3.23. The molecule has 0 saturated heterocycles. The van der Waals surface area contributed by atoms with E-state index in [1.54, 1.807) is 0 Å². The lowest BCUT2D eigenvalue weighted by Crippen LogP contribution is -2.11. The first-order valence-electron chi connectivity index (χ1n) is 7.30. The van der Waals surface area contributed by atoms with Gasteiger partial charge >= 0.3 is 0 Å². The largest absolute Gasteiger partial charge is 0.324 e. The highest BCUT2D eigenvalue weighted by Gasteiger charge is 2.20. The van der Waals surface area contributed by atoms with Crippen molar-refractivity contribution in [2.75, 3.05) is 5.32 Å². The Kier molecular flexibility index (Phi) is 3.04. The van der Waals surface area contributed by atoms with Crippen LogP contribution in [0.15, 0.2) is 42.7 Å². The summed E-state index contributed by atoms with van der Waals surface area (Å²) in [7, 11) is 0. The van der Waals surface area contributed by atoms with Crippen molar-refractivity contribution in [3.63, 3.8) is 0 Å². The number of nitrogens with zero attached hydrogens (tertiary/aromatic N) is 4. The third-order valence-electron chi connectivity index (χ3n) is 3.77. The molecule has 0 saturated carbocycles. The van der Waals surface area contributed by atoms with Crippen LogP contribution in [0.4, 0.5) is 11.6 Å². The Labute approximate surface area is 128 Å². The van der Waals surface area contributed by atoms with Gasteiger partial charge < -0.3 is 5.32 Å². The number of nitrogens with one attached hydrogen (secondary N) is 1. The highest BCUT2D eigenvalue weighted by molar-refractivity contribution is 5.68. The van der Waals surface area contributed by atoms with Gasteiger partial charge in [0.05, 0.1) is 11.4 Å². The van der Waals surface area contributed by atoms with Crippen LogP contribution in [-0.2, 0) is 12.8 Å². The maximum Gasteiger partial charge on any atom is 0.227 e. The van der Waals surface area contributed by atoms with Crippen molar-refractivity contribution in [3.8, 4) is 11.3 Å². The van der Waals surface area contributed by atoms with E-state index in [1.165, 1.54) is 5.56 Å². The van der Waals surface area contributed by atoms with Crippen LogP contribution >= 0.6 is 0 Å². The third kappa shape index (κ3) is 2.30. The normalized spacial score (nSPS) is 12.4. The summed E-state index contributed by atoms with van der Waals surface area (Å²) >= 11 is 0. The van der Waals surface area contributed by atoms with E-state index in [0.29, 0.717) is 5.95 Å². The van der Waals surface area contributed by atoms with Gasteiger partial charge in [0, 0.05) is 23.6 Å². The topological polar surface area (TPSA) is 63.6 Å². The van der Waals surface area contributed by atoms with Crippen molar-refractivity contribution in [2.24, 2.45) is 0 Å². The first-order valence-corrected chi connectivity index (χ1v) is 7.30. The Morgan fingerprint density at radius 2 is 1.82 bits per heavy atom. The highest BCUT2D eigenvalue weighted by atomic mass is 15.1. The van der Waals surface area contributed by atoms with E-state index >= 15 is 0 Å². The van der Waals surface area contributed by atoms with Crippen molar-refractivity contribution in [3.05, 3.63) is 59.8 Å². The molecule has 5 heteroatoms. The minimum absolute atomic E-state index is 0.624. The van der Waals surface area contributed by atoms with E-state index in [9.17, 15) is 0 Å². The lowest BCUT2D eigenvalue weighted by Gasteiger charge is -2.18. The van der Waals surface area contributed by atoms with Gasteiger partial charge in [-0.3, -0.25) is 0 Å². The molecule has 3 aromatic rings. The van der Waals surface area contributed by atoms with Gasteiger partial charge in [-0.2, -0.15) is 0 Å². The summed E-state index contributed by atoms with van der Waals surface area (Å²) < 4.78 is 0. The zero-order chi connectivity index (χ0) is 14.9. The first-order chi connectivity index (χ1) is 10.8. The number of hydrogen-bond donors (Lipinski definition) is 1. The molecule has 2 aromatic heterocycles. The van der Waals surface area contributed by atoms with Crippen LogP contribution in [0.1, 0.15) is 17.1 Å². The summed E-state index contributed by atoms with van der Waals surface area (Å²) in [4.78, 5) is 17.9. The monoisotopic (exact) mass is 289 g/mol. The molecule has 0 bridgehead atoms. The second-order valence-electron chi connectivity index (χ2n) is 5.34. The van der Waals surface area contributed by atoms with Crippen LogP contribution < -0.4 is 5.32 Å². The highest BCUT2D eigenvalue weighted by Crippen LogP contribution is 2.30. The minimum atomic E-state index is 0.624. The van der Waals surface area contributed by atoms with E-state index in [2.05, 4.69) is 25.3 Å². The maximum absolute atomic E-state index is 4.65. The molecular weight excluding hydrogens is 274 g/mol. The zero-order valence-corrected chi connectivity index (χ0v) is 12.2. The van der Waals surface area contributed by atoms with Crippen molar-refractivity contribution in [1.82, 2.24) is 19.9 Å². The number of anilines is 2. The number of para-hydroxylation sites is 1. The predicted molar refractivity (Wildman–Crippen MR) is 84.9 cm³/mol. The molecule has 0 unspecified atom stereocenters. The van der Waals surface area contributed by atoms with E-state index in [1.807, 2.05) is 49.6 Å². The molecule has 0 fully saturated rings. The van der Waals surface area contributed by atoms with Crippen molar-refractivity contribution in [2.45, 2.75) is 19.8 Å². The van der Waals surface area contributed by atoms with Crippen LogP contribution in [0.2, 0.25) is 0 Å². The van der Waals surface area contributed by atoms with Crippen molar-refractivity contribution >= 4 is 11.6 Å². The molecule has 4 rings (SSSR count). The average Bonchev–Trinajstić information content (AvgIpc) is 2.55. The van der Waals surface area contributed by atoms with Gasteiger partial charge in [0.15, 0.2) is 0 Å². The molecule has 0 spiro atoms. The zero-order valence-electron chi connectivity index (χ0n) is 12.2. The van der Waals surface area contributed by atoms with Gasteiger partial charge in [-0.25, -0.2) is 19.9 Å². The second kappa shape index (κ2) is 5.18. The SMILES string of the molecule is Cc1ncc2c(n1)-c1cnc(Nc3ccccc3)nc1CC2. The molecule has 1 aliphatic rings. The molecule has 22 heavy (non-hydrogen) atoms. The van der Waals surface area contributed by atoms with Crippen LogP contribution in [0.5, 0.6) is 0 Å². The van der Waals surface area contributed by atoms with Gasteiger partial charge in [0.2, 0.25) is 5.95 Å². The molecular formula is C17H15N5. The lowest BCUT2D eigenvalue weighted by atomic mass is 9.95. The molecule has 0 radical (unpaired) electrons. The maximum atomic E-state index is 4.65. The molecule has 108 valence electrons. The van der Waals surface area contributed by atoms with Crippen molar-refractivity contribution < 1.29 is 0 Å². The molecule has 0 aliphatic heterocycles. The number of aryl methyl sites for hydroxylation is 3. The Bertz CT molecular complexity index is 830. The third-order valence-corrected chi connectivity index (χ3v) is 3.77. The number of benzene rings is 1. The van der Waals surface area contributed by atoms with E-state index in [0.717, 1.165) is 41.3 Å². The number of fused-ring (bicyclic) bond motifs is 3. The lowest BCUT2D eigenvalue weighted by molar-refractivity contribution is 0.856. The number of rotatable bonds is 2. The van der Waals surface area contributed by atoms with E-state index < -0.39 is 0 Å². The number of aromatic nitrogens is 4. The molecule has 0 atom stereocenters. The average molecular weight is 289 g/mol. The molecule has 1 aromatic carbocycles. The summed E-state index contributed by atoms with van der Waals surface area (Å²) in [5.74, 6) is 1.40. The van der Waals surface area contributed by atoms with Gasteiger partial charge in [-0.1, -0.05) is 18.2 Å². The molecule has 0 amide bonds. The fraction of sp³-hybridized carbons (Fsp3) is 0.176. The minimum Gasteiger partial charge on any atom is -0.324 e. The number of hydrogen-bond acceptors (Lipinski definition) is 5. The Hall–Kier alpha value is -2.82. The summed E-state index contributed by atoms with van der Waals surface area (Å²) in [6.45, 7) is 1.90.